The van der Waals surface area contributed by atoms with Crippen molar-refractivity contribution in [2.45, 2.75) is 19.3 Å². The molecule has 0 radical (unpaired) electrons. The lowest BCUT2D eigenvalue weighted by atomic mass is 10.1. The third kappa shape index (κ3) is 3.73. The minimum absolute atomic E-state index is 0.0151. The van der Waals surface area contributed by atoms with Gasteiger partial charge in [0.05, 0.1) is 0 Å². The predicted molar refractivity (Wildman–Crippen MR) is 105 cm³/mol. The maximum atomic E-state index is 12.4. The summed E-state index contributed by atoms with van der Waals surface area (Å²) < 4.78 is 0. The summed E-state index contributed by atoms with van der Waals surface area (Å²) in [5.41, 5.74) is 2.62. The highest BCUT2D eigenvalue weighted by atomic mass is 32.1. The molecule has 1 atom stereocenters. The van der Waals surface area contributed by atoms with Gasteiger partial charge in [0, 0.05) is 30.1 Å². The van der Waals surface area contributed by atoms with Crippen molar-refractivity contribution in [2.24, 2.45) is 0 Å². The fourth-order valence-electron chi connectivity index (χ4n) is 3.06. The van der Waals surface area contributed by atoms with E-state index in [-0.39, 0.29) is 17.7 Å². The van der Waals surface area contributed by atoms with Crippen LogP contribution in [0, 0.1) is 6.92 Å². The minimum atomic E-state index is -0.220. The van der Waals surface area contributed by atoms with Gasteiger partial charge in [0.15, 0.2) is 0 Å². The number of benzene rings is 2. The number of anilines is 2. The zero-order chi connectivity index (χ0) is 18.8. The van der Waals surface area contributed by atoms with Crippen LogP contribution in [0.3, 0.4) is 0 Å². The van der Waals surface area contributed by atoms with Gasteiger partial charge in [0.2, 0.25) is 11.0 Å². The first-order valence-corrected chi connectivity index (χ1v) is 9.48. The van der Waals surface area contributed by atoms with Gasteiger partial charge >= 0.3 is 0 Å². The van der Waals surface area contributed by atoms with Crippen LogP contribution >= 0.6 is 11.3 Å². The Kier molecular flexibility index (Phi) is 4.68. The smallest absolute Gasteiger partial charge is 0.257 e. The number of carbonyl (C=O) groups excluding carboxylic acids is 2. The average Bonchev–Trinajstić information content (AvgIpc) is 3.30. The molecule has 0 spiro atoms. The highest BCUT2D eigenvalue weighted by Crippen LogP contribution is 2.34. The quantitative estimate of drug-likeness (QED) is 0.752. The Hall–Kier alpha value is -3.06. The molecule has 136 valence electrons. The zero-order valence-electron chi connectivity index (χ0n) is 14.8. The molecule has 1 saturated heterocycles. The van der Waals surface area contributed by atoms with Gasteiger partial charge in [-0.1, -0.05) is 47.2 Å². The fourth-order valence-corrected chi connectivity index (χ4v) is 3.89. The summed E-state index contributed by atoms with van der Waals surface area (Å²) in [6, 6.07) is 16.9. The van der Waals surface area contributed by atoms with E-state index in [0.29, 0.717) is 23.7 Å². The molecule has 1 aromatic heterocycles. The Labute approximate surface area is 160 Å². The molecule has 2 aromatic carbocycles. The molecule has 0 aliphatic carbocycles. The van der Waals surface area contributed by atoms with E-state index in [1.807, 2.05) is 49.4 Å². The highest BCUT2D eigenvalue weighted by Gasteiger charge is 2.33. The van der Waals surface area contributed by atoms with E-state index in [1.54, 1.807) is 17.0 Å². The van der Waals surface area contributed by atoms with E-state index in [0.717, 1.165) is 16.3 Å². The summed E-state index contributed by atoms with van der Waals surface area (Å²) in [5, 5.41) is 12.2. The van der Waals surface area contributed by atoms with E-state index in [1.165, 1.54) is 11.3 Å². The van der Waals surface area contributed by atoms with Crippen molar-refractivity contribution >= 4 is 34.0 Å². The molecule has 0 unspecified atom stereocenters. The number of hydrogen-bond acceptors (Lipinski definition) is 5. The summed E-state index contributed by atoms with van der Waals surface area (Å²) in [6.07, 6.45) is 0.398. The number of carbonyl (C=O) groups is 2. The summed E-state index contributed by atoms with van der Waals surface area (Å²) in [4.78, 5) is 26.4. The van der Waals surface area contributed by atoms with Crippen LogP contribution in [0.15, 0.2) is 54.6 Å². The number of aromatic nitrogens is 2. The van der Waals surface area contributed by atoms with E-state index in [4.69, 9.17) is 0 Å². The van der Waals surface area contributed by atoms with Crippen LogP contribution in [-0.2, 0) is 4.79 Å². The Morgan fingerprint density at radius 1 is 1.11 bits per heavy atom. The number of hydrogen-bond donors (Lipinski definition) is 1. The topological polar surface area (TPSA) is 75.2 Å². The van der Waals surface area contributed by atoms with Crippen molar-refractivity contribution in [2.75, 3.05) is 16.8 Å². The molecule has 2 heterocycles. The monoisotopic (exact) mass is 378 g/mol. The molecule has 0 saturated carbocycles. The lowest BCUT2D eigenvalue weighted by Crippen LogP contribution is -2.24. The molecule has 27 heavy (non-hydrogen) atoms. The van der Waals surface area contributed by atoms with Crippen molar-refractivity contribution in [3.05, 3.63) is 70.7 Å². The van der Waals surface area contributed by atoms with Crippen LogP contribution in [0.4, 0.5) is 10.8 Å². The van der Waals surface area contributed by atoms with E-state index < -0.39 is 0 Å². The summed E-state index contributed by atoms with van der Waals surface area (Å²) in [5.74, 6) is -0.158. The molecule has 1 aliphatic rings. The van der Waals surface area contributed by atoms with Crippen molar-refractivity contribution in [3.8, 4) is 0 Å². The first-order valence-electron chi connectivity index (χ1n) is 8.67. The molecule has 1 N–H and O–H groups in total. The Morgan fingerprint density at radius 2 is 1.85 bits per heavy atom. The summed E-state index contributed by atoms with van der Waals surface area (Å²) in [7, 11) is 0. The molecular weight excluding hydrogens is 360 g/mol. The minimum Gasteiger partial charge on any atom is -0.312 e. The molecule has 1 fully saturated rings. The lowest BCUT2D eigenvalue weighted by Gasteiger charge is -2.16. The van der Waals surface area contributed by atoms with Gasteiger partial charge in [-0.25, -0.2) is 0 Å². The number of rotatable bonds is 4. The molecule has 2 amide bonds. The summed E-state index contributed by atoms with van der Waals surface area (Å²) >= 11 is 1.32. The predicted octanol–water partition coefficient (Wildman–Crippen LogP) is 3.62. The zero-order valence-corrected chi connectivity index (χ0v) is 15.6. The SMILES string of the molecule is Cc1ccc(N2C[C@@H](c3nnc(NC(=O)c4ccccc4)s3)CC2=O)cc1. The van der Waals surface area contributed by atoms with Gasteiger partial charge in [0.25, 0.3) is 5.91 Å². The van der Waals surface area contributed by atoms with Gasteiger partial charge in [-0.3, -0.25) is 14.9 Å². The molecule has 0 bridgehead atoms. The first-order chi connectivity index (χ1) is 13.1. The van der Waals surface area contributed by atoms with E-state index in [2.05, 4.69) is 15.5 Å². The highest BCUT2D eigenvalue weighted by molar-refractivity contribution is 7.15. The molecule has 6 nitrogen and oxygen atoms in total. The van der Waals surface area contributed by atoms with Crippen molar-refractivity contribution in [1.29, 1.82) is 0 Å². The van der Waals surface area contributed by atoms with E-state index in [9.17, 15) is 9.59 Å². The Bertz CT molecular complexity index is 969. The molecule has 3 aromatic rings. The third-order valence-electron chi connectivity index (χ3n) is 4.52. The molecule has 7 heteroatoms. The second-order valence-corrected chi connectivity index (χ2v) is 7.52. The second kappa shape index (κ2) is 7.28. The number of nitrogens with zero attached hydrogens (tertiary/aromatic N) is 3. The summed E-state index contributed by atoms with van der Waals surface area (Å²) in [6.45, 7) is 2.59. The van der Waals surface area contributed by atoms with Crippen LogP contribution < -0.4 is 10.2 Å². The van der Waals surface area contributed by atoms with Gasteiger partial charge in [-0.05, 0) is 31.2 Å². The van der Waals surface area contributed by atoms with Crippen LogP contribution in [-0.4, -0.2) is 28.6 Å². The standard InChI is InChI=1S/C20H18N4O2S/c1-13-7-9-16(10-8-13)24-12-15(11-17(24)25)19-22-23-20(27-19)21-18(26)14-5-3-2-4-6-14/h2-10,15H,11-12H2,1H3,(H,21,23,26)/t15-/m0/s1. The lowest BCUT2D eigenvalue weighted by molar-refractivity contribution is -0.117. The Balaban J connectivity index is 1.45. The van der Waals surface area contributed by atoms with Crippen molar-refractivity contribution < 1.29 is 9.59 Å². The molecular formula is C20H18N4O2S. The number of amides is 2. The Morgan fingerprint density at radius 3 is 2.59 bits per heavy atom. The van der Waals surface area contributed by atoms with Crippen molar-refractivity contribution in [1.82, 2.24) is 10.2 Å². The average molecular weight is 378 g/mol. The van der Waals surface area contributed by atoms with Crippen LogP contribution in [0.2, 0.25) is 0 Å². The van der Waals surface area contributed by atoms with Gasteiger partial charge in [0.1, 0.15) is 5.01 Å². The van der Waals surface area contributed by atoms with Crippen LogP contribution in [0.1, 0.15) is 33.3 Å². The first kappa shape index (κ1) is 17.4. The molecule has 4 rings (SSSR count). The fraction of sp³-hybridized carbons (Fsp3) is 0.200. The van der Waals surface area contributed by atoms with E-state index >= 15 is 0 Å². The maximum absolute atomic E-state index is 12.4. The second-order valence-electron chi connectivity index (χ2n) is 6.51. The van der Waals surface area contributed by atoms with Gasteiger partial charge in [-0.2, -0.15) is 0 Å². The molecule has 1 aliphatic heterocycles. The van der Waals surface area contributed by atoms with Gasteiger partial charge in [-0.15, -0.1) is 10.2 Å². The van der Waals surface area contributed by atoms with Crippen LogP contribution in [0.5, 0.6) is 0 Å². The van der Waals surface area contributed by atoms with Crippen LogP contribution in [0.25, 0.3) is 0 Å². The largest absolute Gasteiger partial charge is 0.312 e. The van der Waals surface area contributed by atoms with Gasteiger partial charge < -0.3 is 4.90 Å². The maximum Gasteiger partial charge on any atom is 0.257 e. The van der Waals surface area contributed by atoms with Crippen molar-refractivity contribution in [3.63, 3.8) is 0 Å². The normalized spacial score (nSPS) is 16.6. The third-order valence-corrected chi connectivity index (χ3v) is 5.52. The number of aryl methyl sites for hydroxylation is 1. The number of nitrogens with one attached hydrogen (secondary N) is 1.